The summed E-state index contributed by atoms with van der Waals surface area (Å²) in [4.78, 5) is 28.5. The summed E-state index contributed by atoms with van der Waals surface area (Å²) in [5, 5.41) is 3.57. The first-order valence-electron chi connectivity index (χ1n) is 12.1. The van der Waals surface area contributed by atoms with E-state index in [1.807, 2.05) is 18.2 Å². The standard InChI is InChI=1S/C27H34ClN3O4S/c1-30(36(2,34)35)20-25(32)31(19-22-13-15-24(28)16-14-22)26(23-11-7-4-8-12-23)27(33)29-18-17-21-9-5-3-6-10-21/h4,7-9,11-16,26H,3,5-6,10,17-20H2,1-2H3,(H,29,33)/t26-/m1/s1. The highest BCUT2D eigenvalue weighted by atomic mass is 35.5. The fourth-order valence-corrected chi connectivity index (χ4v) is 4.66. The number of nitrogens with zero attached hydrogens (tertiary/aromatic N) is 2. The zero-order valence-corrected chi connectivity index (χ0v) is 22.4. The van der Waals surface area contributed by atoms with Gasteiger partial charge in [-0.25, -0.2) is 8.42 Å². The van der Waals surface area contributed by atoms with E-state index in [-0.39, 0.29) is 19.0 Å². The average Bonchev–Trinajstić information content (AvgIpc) is 2.85. The number of allylic oxidation sites excluding steroid dienone is 1. The number of hydrogen-bond acceptors (Lipinski definition) is 4. The molecule has 0 aliphatic heterocycles. The van der Waals surface area contributed by atoms with E-state index in [1.54, 1.807) is 36.4 Å². The summed E-state index contributed by atoms with van der Waals surface area (Å²) in [6.07, 6.45) is 8.57. The molecular formula is C27H34ClN3O4S. The lowest BCUT2D eigenvalue weighted by molar-refractivity contribution is -0.141. The van der Waals surface area contributed by atoms with Crippen LogP contribution in [0.25, 0.3) is 0 Å². The topological polar surface area (TPSA) is 86.8 Å². The van der Waals surface area contributed by atoms with Crippen molar-refractivity contribution in [1.82, 2.24) is 14.5 Å². The van der Waals surface area contributed by atoms with Crippen molar-refractivity contribution in [1.29, 1.82) is 0 Å². The van der Waals surface area contributed by atoms with Gasteiger partial charge in [0.2, 0.25) is 21.8 Å². The summed E-state index contributed by atoms with van der Waals surface area (Å²) in [6.45, 7) is 0.210. The predicted octanol–water partition coefficient (Wildman–Crippen LogP) is 4.31. The predicted molar refractivity (Wildman–Crippen MR) is 143 cm³/mol. The third-order valence-corrected chi connectivity index (χ3v) is 7.83. The molecule has 0 unspecified atom stereocenters. The number of halogens is 1. The van der Waals surface area contributed by atoms with Gasteiger partial charge < -0.3 is 10.2 Å². The Morgan fingerprint density at radius 1 is 1.06 bits per heavy atom. The van der Waals surface area contributed by atoms with Crippen LogP contribution in [0.3, 0.4) is 0 Å². The quantitative estimate of drug-likeness (QED) is 0.438. The lowest BCUT2D eigenvalue weighted by Crippen LogP contribution is -2.47. The van der Waals surface area contributed by atoms with E-state index in [0.717, 1.165) is 35.4 Å². The molecular weight excluding hydrogens is 498 g/mol. The molecule has 0 fully saturated rings. The van der Waals surface area contributed by atoms with E-state index in [2.05, 4.69) is 11.4 Å². The van der Waals surface area contributed by atoms with Gasteiger partial charge in [0.05, 0.1) is 12.8 Å². The van der Waals surface area contributed by atoms with Gasteiger partial charge in [-0.1, -0.05) is 65.7 Å². The summed E-state index contributed by atoms with van der Waals surface area (Å²) < 4.78 is 25.0. The molecule has 1 atom stereocenters. The SMILES string of the molecule is CN(CC(=O)N(Cc1ccc(Cl)cc1)[C@@H](C(=O)NCCC1=CCCCC1)c1ccccc1)S(C)(=O)=O. The molecule has 9 heteroatoms. The third-order valence-electron chi connectivity index (χ3n) is 6.32. The Morgan fingerprint density at radius 2 is 1.75 bits per heavy atom. The summed E-state index contributed by atoms with van der Waals surface area (Å²) in [5.41, 5.74) is 2.77. The van der Waals surface area contributed by atoms with Crippen molar-refractivity contribution in [2.75, 3.05) is 26.4 Å². The molecule has 7 nitrogen and oxygen atoms in total. The molecule has 2 aromatic rings. The molecule has 0 bridgehead atoms. The Labute approximate surface area is 219 Å². The Morgan fingerprint density at radius 3 is 2.36 bits per heavy atom. The molecule has 0 saturated carbocycles. The molecule has 0 saturated heterocycles. The second-order valence-electron chi connectivity index (χ2n) is 9.13. The summed E-state index contributed by atoms with van der Waals surface area (Å²) in [7, 11) is -2.24. The fourth-order valence-electron chi connectivity index (χ4n) is 4.19. The molecule has 0 heterocycles. The van der Waals surface area contributed by atoms with E-state index in [1.165, 1.54) is 30.4 Å². The number of benzene rings is 2. The van der Waals surface area contributed by atoms with Gasteiger partial charge in [0.15, 0.2) is 0 Å². The molecule has 2 amide bonds. The minimum atomic E-state index is -3.59. The Balaban J connectivity index is 1.89. The average molecular weight is 532 g/mol. The smallest absolute Gasteiger partial charge is 0.247 e. The lowest BCUT2D eigenvalue weighted by atomic mass is 9.97. The molecule has 194 valence electrons. The molecule has 0 radical (unpaired) electrons. The Hall–Kier alpha value is -2.68. The van der Waals surface area contributed by atoms with Crippen molar-refractivity contribution in [3.63, 3.8) is 0 Å². The molecule has 0 aromatic heterocycles. The van der Waals surface area contributed by atoms with Crippen LogP contribution in [-0.4, -0.2) is 55.8 Å². The summed E-state index contributed by atoms with van der Waals surface area (Å²) in [5.74, 6) is -0.779. The fraction of sp³-hybridized carbons (Fsp3) is 0.407. The molecule has 0 spiro atoms. The molecule has 36 heavy (non-hydrogen) atoms. The van der Waals surface area contributed by atoms with E-state index >= 15 is 0 Å². The van der Waals surface area contributed by atoms with Crippen LogP contribution < -0.4 is 5.32 Å². The Bertz CT molecular complexity index is 1170. The van der Waals surface area contributed by atoms with Crippen molar-refractivity contribution in [3.8, 4) is 0 Å². The minimum Gasteiger partial charge on any atom is -0.354 e. The van der Waals surface area contributed by atoms with Crippen LogP contribution in [0, 0.1) is 0 Å². The zero-order chi connectivity index (χ0) is 26.1. The maximum Gasteiger partial charge on any atom is 0.247 e. The van der Waals surface area contributed by atoms with Crippen LogP contribution >= 0.6 is 11.6 Å². The van der Waals surface area contributed by atoms with Crippen LogP contribution in [0.5, 0.6) is 0 Å². The molecule has 2 aromatic carbocycles. The summed E-state index contributed by atoms with van der Waals surface area (Å²) >= 11 is 6.04. The van der Waals surface area contributed by atoms with Crippen molar-refractivity contribution in [2.45, 2.75) is 44.7 Å². The van der Waals surface area contributed by atoms with Crippen LogP contribution in [0.1, 0.15) is 49.3 Å². The number of rotatable bonds is 11. The number of amides is 2. The van der Waals surface area contributed by atoms with Gasteiger partial charge in [0.1, 0.15) is 6.04 Å². The van der Waals surface area contributed by atoms with Gasteiger partial charge in [0, 0.05) is 25.2 Å². The molecule has 3 rings (SSSR count). The maximum absolute atomic E-state index is 13.6. The number of hydrogen-bond donors (Lipinski definition) is 1. The number of nitrogens with one attached hydrogen (secondary N) is 1. The summed E-state index contributed by atoms with van der Waals surface area (Å²) in [6, 6.07) is 15.2. The normalized spacial score (nSPS) is 14.7. The van der Waals surface area contributed by atoms with Crippen molar-refractivity contribution in [2.24, 2.45) is 0 Å². The number of carbonyl (C=O) groups is 2. The van der Waals surface area contributed by atoms with Gasteiger partial charge in [-0.2, -0.15) is 4.31 Å². The van der Waals surface area contributed by atoms with Crippen LogP contribution in [-0.2, 0) is 26.2 Å². The van der Waals surface area contributed by atoms with Gasteiger partial charge in [-0.15, -0.1) is 0 Å². The first kappa shape index (κ1) is 27.9. The van der Waals surface area contributed by atoms with Crippen molar-refractivity contribution >= 4 is 33.4 Å². The first-order chi connectivity index (χ1) is 17.1. The van der Waals surface area contributed by atoms with E-state index in [0.29, 0.717) is 17.1 Å². The highest BCUT2D eigenvalue weighted by Crippen LogP contribution is 2.25. The number of carbonyl (C=O) groups excluding carboxylic acids is 2. The largest absolute Gasteiger partial charge is 0.354 e. The monoisotopic (exact) mass is 531 g/mol. The first-order valence-corrected chi connectivity index (χ1v) is 14.3. The van der Waals surface area contributed by atoms with Crippen molar-refractivity contribution < 1.29 is 18.0 Å². The van der Waals surface area contributed by atoms with E-state index in [9.17, 15) is 18.0 Å². The highest BCUT2D eigenvalue weighted by molar-refractivity contribution is 7.88. The van der Waals surface area contributed by atoms with Crippen molar-refractivity contribution in [3.05, 3.63) is 82.4 Å². The maximum atomic E-state index is 13.6. The van der Waals surface area contributed by atoms with Gasteiger partial charge >= 0.3 is 0 Å². The number of sulfonamides is 1. The molecule has 1 N–H and O–H groups in total. The highest BCUT2D eigenvalue weighted by Gasteiger charge is 2.32. The van der Waals surface area contributed by atoms with Gasteiger partial charge in [-0.3, -0.25) is 9.59 Å². The van der Waals surface area contributed by atoms with Crippen LogP contribution in [0.2, 0.25) is 5.02 Å². The molecule has 1 aliphatic rings. The number of likely N-dealkylation sites (N-methyl/N-ethyl adjacent to an activating group) is 1. The zero-order valence-electron chi connectivity index (χ0n) is 20.8. The van der Waals surface area contributed by atoms with E-state index < -0.39 is 22.0 Å². The van der Waals surface area contributed by atoms with Crippen LogP contribution in [0.4, 0.5) is 0 Å². The van der Waals surface area contributed by atoms with E-state index in [4.69, 9.17) is 11.6 Å². The van der Waals surface area contributed by atoms with Gasteiger partial charge in [0.25, 0.3) is 0 Å². The molecule has 1 aliphatic carbocycles. The van der Waals surface area contributed by atoms with Gasteiger partial charge in [-0.05, 0) is 55.4 Å². The van der Waals surface area contributed by atoms with Crippen LogP contribution in [0.15, 0.2) is 66.2 Å². The third kappa shape index (κ3) is 8.18. The Kier molecular flexibility index (Phi) is 10.1. The second kappa shape index (κ2) is 13.0. The lowest BCUT2D eigenvalue weighted by Gasteiger charge is -2.32. The minimum absolute atomic E-state index is 0.117. The second-order valence-corrected chi connectivity index (χ2v) is 11.7.